The molecule has 15 nitrogen and oxygen atoms in total. The molecule has 0 spiro atoms. The van der Waals surface area contributed by atoms with E-state index in [1.807, 2.05) is 36.9 Å². The Balaban J connectivity index is 0.000000693. The van der Waals surface area contributed by atoms with Crippen molar-refractivity contribution in [3.8, 4) is 0 Å². The molecule has 4 rings (SSSR count). The maximum absolute atomic E-state index is 11.9. The molecule has 8 N–H and O–H groups in total. The lowest BCUT2D eigenvalue weighted by molar-refractivity contribution is -0.123. The first-order valence-corrected chi connectivity index (χ1v) is 10.8. The van der Waals surface area contributed by atoms with E-state index in [0.717, 1.165) is 35.1 Å². The Bertz CT molecular complexity index is 1180. The molecule has 2 atom stereocenters. The van der Waals surface area contributed by atoms with Gasteiger partial charge in [-0.25, -0.2) is 0 Å². The average Bonchev–Trinajstić information content (AvgIpc) is 3.26. The van der Waals surface area contributed by atoms with Crippen LogP contribution in [-0.2, 0) is 20.9 Å². The third-order valence-electron chi connectivity index (χ3n) is 5.10. The van der Waals surface area contributed by atoms with Crippen molar-refractivity contribution < 1.29 is 29.3 Å². The summed E-state index contributed by atoms with van der Waals surface area (Å²) < 4.78 is 7.23. The molecule has 194 valence electrons. The Morgan fingerprint density at radius 2 is 1.97 bits per heavy atom. The van der Waals surface area contributed by atoms with E-state index in [1.165, 1.54) is 0 Å². The molecule has 1 aliphatic rings. The largest absolute Gasteiger partial charge is 0.483 e. The van der Waals surface area contributed by atoms with E-state index in [2.05, 4.69) is 30.9 Å². The van der Waals surface area contributed by atoms with E-state index in [4.69, 9.17) is 36.0 Å². The molecule has 1 saturated heterocycles. The highest BCUT2D eigenvalue weighted by Crippen LogP contribution is 2.26. The fraction of sp³-hybridized carbons (Fsp3) is 0.381. The van der Waals surface area contributed by atoms with Gasteiger partial charge in [0, 0.05) is 42.5 Å². The number of nitrogens with one attached hydrogen (secondary N) is 2. The second kappa shape index (κ2) is 13.5. The van der Waals surface area contributed by atoms with E-state index in [9.17, 15) is 4.79 Å². The highest BCUT2D eigenvalue weighted by atomic mass is 16.5. The van der Waals surface area contributed by atoms with Crippen molar-refractivity contribution in [3.05, 3.63) is 29.6 Å². The Morgan fingerprint density at radius 1 is 1.28 bits per heavy atom. The summed E-state index contributed by atoms with van der Waals surface area (Å²) >= 11 is 0. The van der Waals surface area contributed by atoms with Crippen molar-refractivity contribution in [2.24, 2.45) is 11.5 Å². The first-order chi connectivity index (χ1) is 17.3. The summed E-state index contributed by atoms with van der Waals surface area (Å²) in [5.74, 6) is -0.243. The molecule has 1 fully saturated rings. The number of carboxylic acid groups (broad SMARTS) is 2. The average molecular weight is 504 g/mol. The number of anilines is 3. The van der Waals surface area contributed by atoms with Crippen LogP contribution in [0.4, 0.5) is 17.5 Å². The molecule has 1 amide bonds. The number of benzene rings is 1. The Hall–Kier alpha value is -4.37. The molecule has 0 saturated carbocycles. The van der Waals surface area contributed by atoms with Gasteiger partial charge in [0.05, 0.1) is 12.1 Å². The van der Waals surface area contributed by atoms with Crippen LogP contribution < -0.4 is 22.1 Å². The number of aromatic nitrogens is 5. The van der Waals surface area contributed by atoms with Crippen molar-refractivity contribution >= 4 is 47.2 Å². The number of nitrogens with two attached hydrogens (primary N) is 2. The number of aryl methyl sites for hydroxylation is 2. The predicted molar refractivity (Wildman–Crippen MR) is 130 cm³/mol. The summed E-state index contributed by atoms with van der Waals surface area (Å²) in [7, 11) is 0. The minimum absolute atomic E-state index is 0.0475. The zero-order valence-electron chi connectivity index (χ0n) is 19.8. The number of amides is 1. The second-order valence-electron chi connectivity index (χ2n) is 7.52. The standard InChI is InChI=1S/C19H25N9O2.2CH2O2/c1-3-28-8-12-10(2)6-11(7-15(12)27-28)22-18-16(17(21)29)25-26-19(24-18)23-14-4-5-30-9-13(14)20;2*2-1-3/h6-8,13-14H,3-5,9,20H2,1-2H3,(H2,21,29)(H2,22,23,24,26);2*1H,(H,2,3)/t13-,14+;;/m0../s1. The van der Waals surface area contributed by atoms with E-state index < -0.39 is 5.91 Å². The van der Waals surface area contributed by atoms with Gasteiger partial charge in [-0.05, 0) is 38.0 Å². The van der Waals surface area contributed by atoms with E-state index in [-0.39, 0.29) is 42.5 Å². The predicted octanol–water partition coefficient (Wildman–Crippen LogP) is 0.322. The van der Waals surface area contributed by atoms with Crippen LogP contribution in [0.2, 0.25) is 0 Å². The molecule has 0 unspecified atom stereocenters. The molecule has 36 heavy (non-hydrogen) atoms. The van der Waals surface area contributed by atoms with Gasteiger partial charge in [-0.15, -0.1) is 10.2 Å². The topological polar surface area (TPSA) is 233 Å². The van der Waals surface area contributed by atoms with E-state index in [1.54, 1.807) is 0 Å². The van der Waals surface area contributed by atoms with Gasteiger partial charge in [0.1, 0.15) is 0 Å². The second-order valence-corrected chi connectivity index (χ2v) is 7.52. The molecular weight excluding hydrogens is 474 g/mol. The highest BCUT2D eigenvalue weighted by Gasteiger charge is 2.24. The van der Waals surface area contributed by atoms with Gasteiger partial charge in [-0.2, -0.15) is 10.1 Å². The summed E-state index contributed by atoms with van der Waals surface area (Å²) in [5.41, 5.74) is 14.1. The van der Waals surface area contributed by atoms with Crippen LogP contribution in [-0.4, -0.2) is 79.3 Å². The summed E-state index contributed by atoms with van der Waals surface area (Å²) in [6.07, 6.45) is 2.73. The lowest BCUT2D eigenvalue weighted by atomic mass is 10.1. The molecule has 1 aromatic carbocycles. The Kier molecular flexibility index (Phi) is 10.5. The molecule has 15 heteroatoms. The monoisotopic (exact) mass is 503 g/mol. The summed E-state index contributed by atoms with van der Waals surface area (Å²) in [6.45, 7) is 5.38. The number of primary amides is 1. The summed E-state index contributed by atoms with van der Waals surface area (Å²) in [5, 5.41) is 33.7. The molecule has 2 aromatic heterocycles. The number of hydrogen-bond acceptors (Lipinski definition) is 11. The van der Waals surface area contributed by atoms with Crippen molar-refractivity contribution in [2.75, 3.05) is 23.8 Å². The number of fused-ring (bicyclic) bond motifs is 1. The first-order valence-electron chi connectivity index (χ1n) is 10.8. The normalized spacial score (nSPS) is 16.5. The van der Waals surface area contributed by atoms with Gasteiger partial charge in [-0.1, -0.05) is 0 Å². The molecule has 1 aliphatic heterocycles. The lowest BCUT2D eigenvalue weighted by Gasteiger charge is -2.29. The van der Waals surface area contributed by atoms with Crippen molar-refractivity contribution in [1.29, 1.82) is 0 Å². The molecule has 0 bridgehead atoms. The van der Waals surface area contributed by atoms with Crippen molar-refractivity contribution in [3.63, 3.8) is 0 Å². The summed E-state index contributed by atoms with van der Waals surface area (Å²) in [4.78, 5) is 33.0. The van der Waals surface area contributed by atoms with Gasteiger partial charge < -0.3 is 37.1 Å². The van der Waals surface area contributed by atoms with Crippen LogP contribution in [0.3, 0.4) is 0 Å². The minimum Gasteiger partial charge on any atom is -0.483 e. The van der Waals surface area contributed by atoms with Crippen LogP contribution in [0.5, 0.6) is 0 Å². The van der Waals surface area contributed by atoms with Gasteiger partial charge in [0.2, 0.25) is 5.95 Å². The lowest BCUT2D eigenvalue weighted by Crippen LogP contribution is -2.48. The summed E-state index contributed by atoms with van der Waals surface area (Å²) in [6, 6.07) is 3.61. The number of hydrogen-bond donors (Lipinski definition) is 6. The maximum Gasteiger partial charge on any atom is 0.290 e. The van der Waals surface area contributed by atoms with Crippen LogP contribution in [0.25, 0.3) is 10.9 Å². The quantitative estimate of drug-likeness (QED) is 0.249. The number of rotatable bonds is 6. The minimum atomic E-state index is -0.722. The Labute approximate surface area is 205 Å². The van der Waals surface area contributed by atoms with Gasteiger partial charge in [0.25, 0.3) is 18.9 Å². The smallest absolute Gasteiger partial charge is 0.290 e. The maximum atomic E-state index is 11.9. The molecule has 0 radical (unpaired) electrons. The van der Waals surface area contributed by atoms with Gasteiger partial charge in [-0.3, -0.25) is 19.1 Å². The molecule has 3 aromatic rings. The van der Waals surface area contributed by atoms with Crippen molar-refractivity contribution in [1.82, 2.24) is 25.0 Å². The van der Waals surface area contributed by atoms with Gasteiger partial charge in [0.15, 0.2) is 11.5 Å². The van der Waals surface area contributed by atoms with E-state index >= 15 is 0 Å². The van der Waals surface area contributed by atoms with Crippen molar-refractivity contribution in [2.45, 2.75) is 38.9 Å². The SMILES string of the molecule is CCn1cc2c(C)cc(Nc3nc(N[C@@H]4CCOC[C@@H]4N)nnc3C(N)=O)cc2n1.O=CO.O=CO. The zero-order chi connectivity index (χ0) is 26.7. The third-order valence-corrected chi connectivity index (χ3v) is 5.10. The molecule has 0 aliphatic carbocycles. The number of ether oxygens (including phenoxy) is 1. The molecule has 3 heterocycles. The number of carbonyl (C=O) groups is 3. The van der Waals surface area contributed by atoms with E-state index in [0.29, 0.717) is 13.2 Å². The fourth-order valence-electron chi connectivity index (χ4n) is 3.46. The first kappa shape index (κ1) is 27.9. The fourth-order valence-corrected chi connectivity index (χ4v) is 3.46. The molecular formula is C21H29N9O6. The van der Waals surface area contributed by atoms with Gasteiger partial charge >= 0.3 is 0 Å². The van der Waals surface area contributed by atoms with Crippen LogP contribution >= 0.6 is 0 Å². The zero-order valence-corrected chi connectivity index (χ0v) is 19.8. The van der Waals surface area contributed by atoms with Crippen LogP contribution in [0, 0.1) is 6.92 Å². The van der Waals surface area contributed by atoms with Crippen LogP contribution in [0.1, 0.15) is 29.4 Å². The number of carbonyl (C=O) groups excluding carboxylic acids is 1. The number of nitrogens with zero attached hydrogens (tertiary/aromatic N) is 5. The Morgan fingerprint density at radius 3 is 2.58 bits per heavy atom. The van der Waals surface area contributed by atoms with Crippen LogP contribution in [0.15, 0.2) is 18.3 Å². The highest BCUT2D eigenvalue weighted by molar-refractivity contribution is 5.96. The third kappa shape index (κ3) is 7.31.